The summed E-state index contributed by atoms with van der Waals surface area (Å²) in [5.74, 6) is 1.88. The Morgan fingerprint density at radius 2 is 1.66 bits per heavy atom. The predicted molar refractivity (Wildman–Crippen MR) is 116 cm³/mol. The maximum atomic E-state index is 12.1. The number of hydrogen-bond acceptors (Lipinski definition) is 4. The van der Waals surface area contributed by atoms with Gasteiger partial charge in [-0.25, -0.2) is 0 Å². The standard InChI is InChI=1S/C21H27ClN4O3/c1-23-21(25-11-10-15-8-9-18(28-2)19(14-15)29-3)26-13-12-24-20(27)16-6-4-5-7-17(16)22/h4-9,14H,10-13H2,1-3H3,(H,24,27)(H2,23,25,26). The second-order valence-corrected chi connectivity index (χ2v) is 6.51. The summed E-state index contributed by atoms with van der Waals surface area (Å²) in [7, 11) is 4.94. The van der Waals surface area contributed by atoms with E-state index in [1.807, 2.05) is 18.2 Å². The van der Waals surface area contributed by atoms with Crippen LogP contribution < -0.4 is 25.4 Å². The van der Waals surface area contributed by atoms with Crippen molar-refractivity contribution >= 4 is 23.5 Å². The molecule has 2 rings (SSSR count). The van der Waals surface area contributed by atoms with Gasteiger partial charge in [-0.15, -0.1) is 0 Å². The number of amides is 1. The third kappa shape index (κ3) is 6.87. The van der Waals surface area contributed by atoms with E-state index in [4.69, 9.17) is 21.1 Å². The van der Waals surface area contributed by atoms with E-state index in [0.717, 1.165) is 12.0 Å². The molecule has 0 spiro atoms. The molecule has 2 aromatic carbocycles. The van der Waals surface area contributed by atoms with Gasteiger partial charge in [-0.3, -0.25) is 9.79 Å². The second-order valence-electron chi connectivity index (χ2n) is 6.10. The number of nitrogens with zero attached hydrogens (tertiary/aromatic N) is 1. The molecular formula is C21H27ClN4O3. The SMILES string of the molecule is CN=C(NCCNC(=O)c1ccccc1Cl)NCCc1ccc(OC)c(OC)c1. The lowest BCUT2D eigenvalue weighted by molar-refractivity contribution is 0.0954. The van der Waals surface area contributed by atoms with Gasteiger partial charge in [-0.1, -0.05) is 29.8 Å². The Hall–Kier alpha value is -2.93. The highest BCUT2D eigenvalue weighted by Crippen LogP contribution is 2.27. The van der Waals surface area contributed by atoms with Gasteiger partial charge in [0.2, 0.25) is 0 Å². The summed E-state index contributed by atoms with van der Waals surface area (Å²) in [6.07, 6.45) is 0.796. The Kier molecular flexibility index (Phi) is 9.11. The number of halogens is 1. The van der Waals surface area contributed by atoms with Crippen molar-refractivity contribution in [1.29, 1.82) is 0 Å². The van der Waals surface area contributed by atoms with E-state index in [9.17, 15) is 4.79 Å². The van der Waals surface area contributed by atoms with Crippen LogP contribution in [-0.2, 0) is 6.42 Å². The first kappa shape index (κ1) is 22.4. The highest BCUT2D eigenvalue weighted by molar-refractivity contribution is 6.33. The fraction of sp³-hybridized carbons (Fsp3) is 0.333. The van der Waals surface area contributed by atoms with E-state index in [-0.39, 0.29) is 5.91 Å². The molecule has 7 nitrogen and oxygen atoms in total. The van der Waals surface area contributed by atoms with Crippen LogP contribution in [0.15, 0.2) is 47.5 Å². The Morgan fingerprint density at radius 3 is 2.34 bits per heavy atom. The third-order valence-corrected chi connectivity index (χ3v) is 4.53. The molecule has 0 heterocycles. The molecule has 29 heavy (non-hydrogen) atoms. The summed E-state index contributed by atoms with van der Waals surface area (Å²) in [6, 6.07) is 12.8. The summed E-state index contributed by atoms with van der Waals surface area (Å²) in [4.78, 5) is 16.3. The Bertz CT molecular complexity index is 842. The molecule has 156 valence electrons. The highest BCUT2D eigenvalue weighted by atomic mass is 35.5. The van der Waals surface area contributed by atoms with Gasteiger partial charge in [0.15, 0.2) is 17.5 Å². The first-order valence-electron chi connectivity index (χ1n) is 9.27. The van der Waals surface area contributed by atoms with E-state index >= 15 is 0 Å². The molecule has 0 bridgehead atoms. The lowest BCUT2D eigenvalue weighted by Crippen LogP contribution is -2.42. The highest BCUT2D eigenvalue weighted by Gasteiger charge is 2.08. The van der Waals surface area contributed by atoms with Crippen LogP contribution in [0.25, 0.3) is 0 Å². The molecule has 0 aliphatic rings. The Morgan fingerprint density at radius 1 is 0.966 bits per heavy atom. The molecular weight excluding hydrogens is 392 g/mol. The number of methoxy groups -OCH3 is 2. The van der Waals surface area contributed by atoms with Crippen LogP contribution in [0.1, 0.15) is 15.9 Å². The van der Waals surface area contributed by atoms with Crippen LogP contribution in [0, 0.1) is 0 Å². The minimum atomic E-state index is -0.200. The quantitative estimate of drug-likeness (QED) is 0.331. The molecule has 0 aliphatic carbocycles. The van der Waals surface area contributed by atoms with Gasteiger partial charge >= 0.3 is 0 Å². The Balaban J connectivity index is 1.72. The zero-order valence-electron chi connectivity index (χ0n) is 16.9. The summed E-state index contributed by atoms with van der Waals surface area (Å²) < 4.78 is 10.6. The molecule has 0 aliphatic heterocycles. The Labute approximate surface area is 176 Å². The number of carbonyl (C=O) groups excluding carboxylic acids is 1. The molecule has 8 heteroatoms. The topological polar surface area (TPSA) is 84.0 Å². The van der Waals surface area contributed by atoms with Crippen molar-refractivity contribution in [3.8, 4) is 11.5 Å². The average molecular weight is 419 g/mol. The van der Waals surface area contributed by atoms with Crippen LogP contribution in [0.4, 0.5) is 0 Å². The van der Waals surface area contributed by atoms with Gasteiger partial charge in [0.25, 0.3) is 5.91 Å². The van der Waals surface area contributed by atoms with E-state index < -0.39 is 0 Å². The lowest BCUT2D eigenvalue weighted by Gasteiger charge is -2.13. The van der Waals surface area contributed by atoms with Crippen molar-refractivity contribution in [3.05, 3.63) is 58.6 Å². The number of aliphatic imine (C=N–C) groups is 1. The molecule has 1 amide bonds. The number of ether oxygens (including phenoxy) is 2. The number of benzene rings is 2. The number of hydrogen-bond donors (Lipinski definition) is 3. The molecule has 2 aromatic rings. The van der Waals surface area contributed by atoms with Gasteiger partial charge < -0.3 is 25.4 Å². The smallest absolute Gasteiger partial charge is 0.252 e. The maximum Gasteiger partial charge on any atom is 0.252 e. The van der Waals surface area contributed by atoms with Crippen molar-refractivity contribution < 1.29 is 14.3 Å². The van der Waals surface area contributed by atoms with E-state index in [1.165, 1.54) is 0 Å². The van der Waals surface area contributed by atoms with Gasteiger partial charge in [-0.05, 0) is 36.2 Å². The summed E-state index contributed by atoms with van der Waals surface area (Å²) in [6.45, 7) is 1.67. The fourth-order valence-corrected chi connectivity index (χ4v) is 2.90. The summed E-state index contributed by atoms with van der Waals surface area (Å²) in [5.41, 5.74) is 1.59. The van der Waals surface area contributed by atoms with Crippen molar-refractivity contribution in [1.82, 2.24) is 16.0 Å². The molecule has 0 aromatic heterocycles. The monoisotopic (exact) mass is 418 g/mol. The number of guanidine groups is 1. The van der Waals surface area contributed by atoms with Crippen LogP contribution in [0.5, 0.6) is 11.5 Å². The van der Waals surface area contributed by atoms with Crippen LogP contribution in [0.3, 0.4) is 0 Å². The molecule has 0 saturated carbocycles. The molecule has 0 unspecified atom stereocenters. The van der Waals surface area contributed by atoms with E-state index in [2.05, 4.69) is 20.9 Å². The molecule has 3 N–H and O–H groups in total. The summed E-state index contributed by atoms with van der Waals surface area (Å²) >= 11 is 6.03. The van der Waals surface area contributed by atoms with Crippen molar-refractivity contribution in [2.75, 3.05) is 40.9 Å². The first-order valence-corrected chi connectivity index (χ1v) is 9.65. The molecule has 0 fully saturated rings. The second kappa shape index (κ2) is 11.8. The average Bonchev–Trinajstić information content (AvgIpc) is 2.75. The minimum absolute atomic E-state index is 0.200. The van der Waals surface area contributed by atoms with Crippen LogP contribution in [-0.4, -0.2) is 52.8 Å². The first-order chi connectivity index (χ1) is 14.1. The van der Waals surface area contributed by atoms with Crippen LogP contribution in [0.2, 0.25) is 5.02 Å². The molecule has 0 radical (unpaired) electrons. The zero-order chi connectivity index (χ0) is 21.1. The van der Waals surface area contributed by atoms with Gasteiger partial charge in [0.05, 0.1) is 24.8 Å². The lowest BCUT2D eigenvalue weighted by atomic mass is 10.1. The van der Waals surface area contributed by atoms with Gasteiger partial charge in [-0.2, -0.15) is 0 Å². The predicted octanol–water partition coefficient (Wildman–Crippen LogP) is 2.49. The van der Waals surface area contributed by atoms with Gasteiger partial charge in [0, 0.05) is 26.7 Å². The summed E-state index contributed by atoms with van der Waals surface area (Å²) in [5, 5.41) is 9.68. The van der Waals surface area contributed by atoms with Crippen molar-refractivity contribution in [2.45, 2.75) is 6.42 Å². The third-order valence-electron chi connectivity index (χ3n) is 4.20. The maximum absolute atomic E-state index is 12.1. The largest absolute Gasteiger partial charge is 0.493 e. The van der Waals surface area contributed by atoms with Crippen LogP contribution >= 0.6 is 11.6 Å². The molecule has 0 atom stereocenters. The zero-order valence-corrected chi connectivity index (χ0v) is 17.7. The number of rotatable bonds is 9. The number of nitrogens with one attached hydrogen (secondary N) is 3. The van der Waals surface area contributed by atoms with E-state index in [1.54, 1.807) is 45.5 Å². The minimum Gasteiger partial charge on any atom is -0.493 e. The normalized spacial score (nSPS) is 11.0. The number of carbonyl (C=O) groups is 1. The fourth-order valence-electron chi connectivity index (χ4n) is 2.68. The molecule has 0 saturated heterocycles. The van der Waals surface area contributed by atoms with Crippen molar-refractivity contribution in [2.24, 2.45) is 4.99 Å². The van der Waals surface area contributed by atoms with Crippen molar-refractivity contribution in [3.63, 3.8) is 0 Å². The van der Waals surface area contributed by atoms with Gasteiger partial charge in [0.1, 0.15) is 0 Å². The van der Waals surface area contributed by atoms with E-state index in [0.29, 0.717) is 47.7 Å².